The highest BCUT2D eigenvalue weighted by atomic mass is 35.5. The van der Waals surface area contributed by atoms with Crippen LogP contribution in [-0.4, -0.2) is 52.8 Å². The molecule has 110 valence electrons. The van der Waals surface area contributed by atoms with Crippen molar-refractivity contribution < 1.29 is 4.79 Å². The summed E-state index contributed by atoms with van der Waals surface area (Å²) in [5, 5.41) is 9.73. The van der Waals surface area contributed by atoms with Crippen LogP contribution in [-0.2, 0) is 7.05 Å². The van der Waals surface area contributed by atoms with Gasteiger partial charge in [-0.1, -0.05) is 0 Å². The summed E-state index contributed by atoms with van der Waals surface area (Å²) < 4.78 is 1.72. The van der Waals surface area contributed by atoms with Crippen LogP contribution in [0.3, 0.4) is 0 Å². The normalized spacial score (nSPS) is 10.2. The van der Waals surface area contributed by atoms with E-state index in [1.165, 1.54) is 11.3 Å². The average Bonchev–Trinajstić information content (AvgIpc) is 3.03. The molecule has 0 atom stereocenters. The molecule has 0 fully saturated rings. The summed E-state index contributed by atoms with van der Waals surface area (Å²) in [6.07, 6.45) is 3.63. The third-order valence-electron chi connectivity index (χ3n) is 2.72. The van der Waals surface area contributed by atoms with Gasteiger partial charge in [-0.25, -0.2) is 4.98 Å². The summed E-state index contributed by atoms with van der Waals surface area (Å²) >= 11 is 1.46. The molecule has 0 bridgehead atoms. The molecule has 2 aromatic heterocycles. The number of amides is 1. The van der Waals surface area contributed by atoms with Gasteiger partial charge in [0.25, 0.3) is 5.91 Å². The molecule has 0 saturated carbocycles. The first-order valence-electron chi connectivity index (χ1n) is 5.96. The molecule has 8 heteroatoms. The minimum absolute atomic E-state index is 0. The Morgan fingerprint density at radius 3 is 2.90 bits per heavy atom. The molecule has 2 aromatic rings. The first-order chi connectivity index (χ1) is 9.11. The molecular weight excluding hydrogens is 298 g/mol. The van der Waals surface area contributed by atoms with E-state index in [-0.39, 0.29) is 18.3 Å². The number of thiazole rings is 1. The zero-order valence-corrected chi connectivity index (χ0v) is 13.3. The number of carbonyl (C=O) groups is 1. The van der Waals surface area contributed by atoms with Crippen molar-refractivity contribution >= 4 is 29.7 Å². The van der Waals surface area contributed by atoms with Crippen molar-refractivity contribution in [3.05, 3.63) is 23.5 Å². The van der Waals surface area contributed by atoms with Crippen molar-refractivity contribution in [1.29, 1.82) is 0 Å². The predicted octanol–water partition coefficient (Wildman–Crippen LogP) is 1.26. The second kappa shape index (κ2) is 7.37. The molecule has 0 unspecified atom stereocenters. The number of hydrogen-bond acceptors (Lipinski definition) is 5. The fourth-order valence-corrected chi connectivity index (χ4v) is 2.38. The highest BCUT2D eigenvalue weighted by molar-refractivity contribution is 7.13. The summed E-state index contributed by atoms with van der Waals surface area (Å²) in [6.45, 7) is 1.43. The van der Waals surface area contributed by atoms with Crippen molar-refractivity contribution in [2.45, 2.75) is 0 Å². The standard InChI is InChI=1S/C12H17N5OS.ClH/c1-13-4-5-16(2)12(18)10-8-19-11(15-10)9-6-14-17(3)7-9;/h6-8,13H,4-5H2,1-3H3;1H. The Hall–Kier alpha value is -1.44. The summed E-state index contributed by atoms with van der Waals surface area (Å²) in [4.78, 5) is 18.2. The molecule has 0 aliphatic heterocycles. The van der Waals surface area contributed by atoms with Gasteiger partial charge < -0.3 is 10.2 Å². The average molecular weight is 316 g/mol. The van der Waals surface area contributed by atoms with E-state index in [1.807, 2.05) is 20.3 Å². The zero-order chi connectivity index (χ0) is 13.8. The number of hydrogen-bond donors (Lipinski definition) is 1. The van der Waals surface area contributed by atoms with Gasteiger partial charge >= 0.3 is 0 Å². The molecule has 0 aromatic carbocycles. The molecule has 0 aliphatic carbocycles. The van der Waals surface area contributed by atoms with Gasteiger partial charge in [0, 0.05) is 44.3 Å². The van der Waals surface area contributed by atoms with Crippen molar-refractivity contribution in [2.75, 3.05) is 27.2 Å². The number of aryl methyl sites for hydroxylation is 1. The third-order valence-corrected chi connectivity index (χ3v) is 3.61. The first kappa shape index (κ1) is 16.6. The van der Waals surface area contributed by atoms with Crippen LogP contribution in [0.2, 0.25) is 0 Å². The van der Waals surface area contributed by atoms with E-state index in [4.69, 9.17) is 0 Å². The van der Waals surface area contributed by atoms with Gasteiger partial charge in [0.1, 0.15) is 10.7 Å². The predicted molar refractivity (Wildman–Crippen MR) is 82.5 cm³/mol. The van der Waals surface area contributed by atoms with Crippen molar-refractivity contribution in [3.63, 3.8) is 0 Å². The molecule has 0 aliphatic rings. The molecular formula is C12H18ClN5OS. The zero-order valence-electron chi connectivity index (χ0n) is 11.7. The van der Waals surface area contributed by atoms with Crippen LogP contribution in [0.25, 0.3) is 10.6 Å². The number of carbonyl (C=O) groups excluding carboxylic acids is 1. The Bertz CT molecular complexity index is 568. The lowest BCUT2D eigenvalue weighted by molar-refractivity contribution is 0.0792. The monoisotopic (exact) mass is 315 g/mol. The maximum Gasteiger partial charge on any atom is 0.273 e. The molecule has 0 radical (unpaired) electrons. The van der Waals surface area contributed by atoms with Crippen LogP contribution in [0.1, 0.15) is 10.5 Å². The van der Waals surface area contributed by atoms with Crippen LogP contribution in [0.4, 0.5) is 0 Å². The fourth-order valence-electron chi connectivity index (χ4n) is 1.61. The van der Waals surface area contributed by atoms with E-state index in [1.54, 1.807) is 28.2 Å². The fraction of sp³-hybridized carbons (Fsp3) is 0.417. The summed E-state index contributed by atoms with van der Waals surface area (Å²) in [6, 6.07) is 0. The molecule has 6 nitrogen and oxygen atoms in total. The Labute approximate surface area is 128 Å². The second-order valence-corrected chi connectivity index (χ2v) is 5.13. The Balaban J connectivity index is 0.00000200. The Morgan fingerprint density at radius 1 is 1.55 bits per heavy atom. The highest BCUT2D eigenvalue weighted by Crippen LogP contribution is 2.23. The van der Waals surface area contributed by atoms with E-state index in [2.05, 4.69) is 15.4 Å². The minimum Gasteiger partial charge on any atom is -0.339 e. The number of likely N-dealkylation sites (N-methyl/N-ethyl adjacent to an activating group) is 2. The van der Waals surface area contributed by atoms with Crippen LogP contribution in [0, 0.1) is 0 Å². The van der Waals surface area contributed by atoms with Gasteiger partial charge in [-0.3, -0.25) is 9.48 Å². The van der Waals surface area contributed by atoms with Gasteiger partial charge in [0.2, 0.25) is 0 Å². The molecule has 2 heterocycles. The molecule has 20 heavy (non-hydrogen) atoms. The maximum atomic E-state index is 12.1. The summed E-state index contributed by atoms with van der Waals surface area (Å²) in [7, 11) is 5.50. The topological polar surface area (TPSA) is 63.1 Å². The van der Waals surface area contributed by atoms with Gasteiger partial charge in [0.15, 0.2) is 0 Å². The van der Waals surface area contributed by atoms with Gasteiger partial charge in [0.05, 0.1) is 6.20 Å². The van der Waals surface area contributed by atoms with Crippen LogP contribution < -0.4 is 5.32 Å². The lowest BCUT2D eigenvalue weighted by atomic mass is 10.3. The van der Waals surface area contributed by atoms with E-state index in [0.29, 0.717) is 12.2 Å². The van der Waals surface area contributed by atoms with Crippen LogP contribution in [0.15, 0.2) is 17.8 Å². The summed E-state index contributed by atoms with van der Waals surface area (Å²) in [5.74, 6) is -0.0540. The number of rotatable bonds is 5. The van der Waals surface area contributed by atoms with Crippen LogP contribution >= 0.6 is 23.7 Å². The smallest absolute Gasteiger partial charge is 0.273 e. The first-order valence-corrected chi connectivity index (χ1v) is 6.84. The molecule has 1 N–H and O–H groups in total. The Morgan fingerprint density at radius 2 is 2.30 bits per heavy atom. The lowest BCUT2D eigenvalue weighted by Gasteiger charge is -2.15. The Kier molecular flexibility index (Phi) is 6.12. The minimum atomic E-state index is -0.0540. The van der Waals surface area contributed by atoms with Gasteiger partial charge in [-0.05, 0) is 7.05 Å². The van der Waals surface area contributed by atoms with Gasteiger partial charge in [-0.15, -0.1) is 23.7 Å². The number of aromatic nitrogens is 3. The molecule has 1 amide bonds. The molecule has 0 spiro atoms. The van der Waals surface area contributed by atoms with Crippen molar-refractivity contribution in [2.24, 2.45) is 7.05 Å². The van der Waals surface area contributed by atoms with E-state index in [9.17, 15) is 4.79 Å². The van der Waals surface area contributed by atoms with E-state index >= 15 is 0 Å². The third kappa shape index (κ3) is 3.78. The molecule has 2 rings (SSSR count). The molecule has 0 saturated heterocycles. The second-order valence-electron chi connectivity index (χ2n) is 4.27. The SMILES string of the molecule is CNCCN(C)C(=O)c1csc(-c2cnn(C)c2)n1.Cl. The van der Waals surface area contributed by atoms with Crippen molar-refractivity contribution in [3.8, 4) is 10.6 Å². The largest absolute Gasteiger partial charge is 0.339 e. The van der Waals surface area contributed by atoms with Crippen molar-refractivity contribution in [1.82, 2.24) is 25.0 Å². The van der Waals surface area contributed by atoms with E-state index < -0.39 is 0 Å². The number of nitrogens with one attached hydrogen (secondary N) is 1. The van der Waals surface area contributed by atoms with Crippen LogP contribution in [0.5, 0.6) is 0 Å². The quantitative estimate of drug-likeness (QED) is 0.902. The highest BCUT2D eigenvalue weighted by Gasteiger charge is 2.16. The van der Waals surface area contributed by atoms with E-state index in [0.717, 1.165) is 17.1 Å². The lowest BCUT2D eigenvalue weighted by Crippen LogP contribution is -2.32. The number of nitrogens with zero attached hydrogens (tertiary/aromatic N) is 4. The number of halogens is 1. The van der Waals surface area contributed by atoms with Gasteiger partial charge in [-0.2, -0.15) is 5.10 Å². The summed E-state index contributed by atoms with van der Waals surface area (Å²) in [5.41, 5.74) is 1.42. The maximum absolute atomic E-state index is 12.1.